The van der Waals surface area contributed by atoms with Crippen LogP contribution in [0.5, 0.6) is 11.5 Å². The van der Waals surface area contributed by atoms with Gasteiger partial charge in [-0.15, -0.1) is 0 Å². The van der Waals surface area contributed by atoms with Gasteiger partial charge in [0.05, 0.1) is 13.2 Å². The Labute approximate surface area is 223 Å². The van der Waals surface area contributed by atoms with Crippen LogP contribution >= 0.6 is 0 Å². The largest absolute Gasteiger partial charge is 0.493 e. The zero-order valence-corrected chi connectivity index (χ0v) is 22.7. The second-order valence-corrected chi connectivity index (χ2v) is 11.5. The normalized spacial score (nSPS) is 23.1. The minimum absolute atomic E-state index is 0.0559. The summed E-state index contributed by atoms with van der Waals surface area (Å²) >= 11 is 0. The molecule has 0 spiro atoms. The topological polar surface area (TPSA) is 18.5 Å². The van der Waals surface area contributed by atoms with Crippen molar-refractivity contribution in [2.75, 3.05) is 13.2 Å². The van der Waals surface area contributed by atoms with Crippen LogP contribution < -0.4 is 9.47 Å². The molecule has 7 heteroatoms. The summed E-state index contributed by atoms with van der Waals surface area (Å²) in [5, 5.41) is -0.868. The number of hydrogen-bond acceptors (Lipinski definition) is 2. The Balaban J connectivity index is 1.56. The predicted octanol–water partition coefficient (Wildman–Crippen LogP) is 10.3. The molecule has 0 unspecified atom stereocenters. The van der Waals surface area contributed by atoms with E-state index in [9.17, 15) is 13.2 Å². The van der Waals surface area contributed by atoms with E-state index in [1.54, 1.807) is 0 Å². The summed E-state index contributed by atoms with van der Waals surface area (Å²) in [6.45, 7) is 4.31. The molecule has 2 aliphatic rings. The van der Waals surface area contributed by atoms with E-state index in [0.29, 0.717) is 6.42 Å². The molecule has 2 nitrogen and oxygen atoms in total. The van der Waals surface area contributed by atoms with Crippen LogP contribution in [0.2, 0.25) is 0 Å². The Bertz CT molecular complexity index is 1070. The number of halogens is 5. The van der Waals surface area contributed by atoms with Gasteiger partial charge in [0.1, 0.15) is 11.3 Å². The molecule has 0 N–H and O–H groups in total. The van der Waals surface area contributed by atoms with Crippen LogP contribution in [0, 0.1) is 28.9 Å². The van der Waals surface area contributed by atoms with Gasteiger partial charge in [0.2, 0.25) is 5.82 Å². The zero-order valence-electron chi connectivity index (χ0n) is 22.7. The van der Waals surface area contributed by atoms with Gasteiger partial charge in [-0.2, -0.15) is 17.6 Å². The molecule has 0 bridgehead atoms. The van der Waals surface area contributed by atoms with E-state index in [0.717, 1.165) is 56.8 Å². The monoisotopic (exact) mass is 540 g/mol. The van der Waals surface area contributed by atoms with Gasteiger partial charge in [-0.25, -0.2) is 4.39 Å². The quantitative estimate of drug-likeness (QED) is 0.220. The number of rotatable bonds is 10. The van der Waals surface area contributed by atoms with Gasteiger partial charge in [0.15, 0.2) is 11.6 Å². The summed E-state index contributed by atoms with van der Waals surface area (Å²) in [4.78, 5) is 0. The Kier molecular flexibility index (Phi) is 9.46. The number of ether oxygens (including phenoxy) is 2. The maximum atomic E-state index is 15.3. The van der Waals surface area contributed by atoms with Crippen molar-refractivity contribution in [2.24, 2.45) is 17.3 Å². The lowest BCUT2D eigenvalue weighted by Crippen LogP contribution is -2.35. The maximum absolute atomic E-state index is 15.3. The van der Waals surface area contributed by atoms with Crippen molar-refractivity contribution < 1.29 is 31.4 Å². The smallest absolute Gasteiger partial charge is 0.420 e. The first-order valence-electron chi connectivity index (χ1n) is 14.5. The van der Waals surface area contributed by atoms with E-state index in [-0.39, 0.29) is 29.8 Å². The molecule has 2 saturated carbocycles. The Hall–Kier alpha value is -2.05. The first-order chi connectivity index (χ1) is 18.2. The molecule has 212 valence electrons. The van der Waals surface area contributed by atoms with Crippen molar-refractivity contribution in [2.45, 2.75) is 103 Å². The van der Waals surface area contributed by atoms with Crippen molar-refractivity contribution in [1.82, 2.24) is 0 Å². The number of alkyl halides is 3. The van der Waals surface area contributed by atoms with Crippen molar-refractivity contribution in [3.8, 4) is 11.5 Å². The van der Waals surface area contributed by atoms with Crippen LogP contribution in [-0.4, -0.2) is 13.2 Å². The minimum atomic E-state index is -4.90. The third-order valence-electron chi connectivity index (χ3n) is 8.87. The molecule has 2 aromatic rings. The van der Waals surface area contributed by atoms with E-state index >= 15 is 8.78 Å². The van der Waals surface area contributed by atoms with E-state index in [4.69, 9.17) is 9.47 Å². The molecule has 0 atom stereocenters. The minimum Gasteiger partial charge on any atom is -0.493 e. The van der Waals surface area contributed by atoms with Gasteiger partial charge in [-0.05, 0) is 67.9 Å². The molecule has 0 heterocycles. The molecule has 2 fully saturated rings. The second kappa shape index (κ2) is 12.4. The molecule has 0 aromatic heterocycles. The van der Waals surface area contributed by atoms with Crippen molar-refractivity contribution in [1.29, 1.82) is 0 Å². The van der Waals surface area contributed by atoms with Crippen LogP contribution in [0.1, 0.15) is 103 Å². The average molecular weight is 541 g/mol. The fourth-order valence-electron chi connectivity index (χ4n) is 6.77. The predicted molar refractivity (Wildman–Crippen MR) is 141 cm³/mol. The fraction of sp³-hybridized carbons (Fsp3) is 0.677. The van der Waals surface area contributed by atoms with E-state index in [2.05, 4.69) is 6.92 Å². The van der Waals surface area contributed by atoms with Crippen molar-refractivity contribution in [3.05, 3.63) is 35.4 Å². The molecule has 2 aliphatic carbocycles. The summed E-state index contributed by atoms with van der Waals surface area (Å²) in [5.74, 6) is -2.21. The highest BCUT2D eigenvalue weighted by molar-refractivity contribution is 5.90. The highest BCUT2D eigenvalue weighted by Gasteiger charge is 2.40. The number of fused-ring (bicyclic) bond motifs is 1. The number of unbranched alkanes of at least 4 members (excludes halogenated alkanes) is 1. The molecule has 0 aliphatic heterocycles. The SMILES string of the molecule is CCCCOc1ccc2cc(OC[C@]3(CCC)CC[C@@H](C4CCCCC4)CC3)c(F)c(F)c2c1C(F)(F)F. The molecule has 38 heavy (non-hydrogen) atoms. The first kappa shape index (κ1) is 28.9. The summed E-state index contributed by atoms with van der Waals surface area (Å²) in [6, 6.07) is 3.73. The molecular weight excluding hydrogens is 499 g/mol. The van der Waals surface area contributed by atoms with Crippen LogP contribution in [0.15, 0.2) is 18.2 Å². The molecule has 0 radical (unpaired) electrons. The molecule has 4 rings (SSSR count). The lowest BCUT2D eigenvalue weighted by atomic mass is 9.64. The molecular formula is C31H41F5O2. The third-order valence-corrected chi connectivity index (χ3v) is 8.87. The summed E-state index contributed by atoms with van der Waals surface area (Å²) in [6.07, 6.45) is 9.09. The molecule has 0 amide bonds. The van der Waals surface area contributed by atoms with Crippen molar-refractivity contribution >= 4 is 10.8 Å². The summed E-state index contributed by atoms with van der Waals surface area (Å²) < 4.78 is 83.7. The molecule has 0 saturated heterocycles. The Morgan fingerprint density at radius 1 is 0.842 bits per heavy atom. The maximum Gasteiger partial charge on any atom is 0.420 e. The summed E-state index contributed by atoms with van der Waals surface area (Å²) in [7, 11) is 0. The number of benzene rings is 2. The van der Waals surface area contributed by atoms with E-state index in [1.165, 1.54) is 50.3 Å². The highest BCUT2D eigenvalue weighted by atomic mass is 19.4. The number of hydrogen-bond donors (Lipinski definition) is 0. The Morgan fingerprint density at radius 2 is 1.53 bits per heavy atom. The summed E-state index contributed by atoms with van der Waals surface area (Å²) in [5.41, 5.74) is -1.40. The third kappa shape index (κ3) is 6.39. The van der Waals surface area contributed by atoms with Crippen molar-refractivity contribution in [3.63, 3.8) is 0 Å². The van der Waals surface area contributed by atoms with Gasteiger partial charge < -0.3 is 9.47 Å². The first-order valence-corrected chi connectivity index (χ1v) is 14.5. The molecule has 2 aromatic carbocycles. The second-order valence-electron chi connectivity index (χ2n) is 11.5. The highest BCUT2D eigenvalue weighted by Crippen LogP contribution is 2.48. The standard InChI is InChI=1S/C31H41F5O2/c1-3-5-18-37-24-12-11-23-19-25(28(32)29(33)26(23)27(24)31(34,35)36)38-20-30(15-4-2)16-13-22(14-17-30)21-9-7-6-8-10-21/h11-12,19,21-22H,3-10,13-18,20H2,1-2H3/t22-,30-. The van der Waals surface area contributed by atoms with Gasteiger partial charge in [-0.1, -0.05) is 64.9 Å². The Morgan fingerprint density at radius 3 is 2.16 bits per heavy atom. The zero-order chi connectivity index (χ0) is 27.3. The average Bonchev–Trinajstić information content (AvgIpc) is 2.90. The van der Waals surface area contributed by atoms with Crippen LogP contribution in [-0.2, 0) is 6.18 Å². The van der Waals surface area contributed by atoms with E-state index in [1.807, 2.05) is 6.92 Å². The lowest BCUT2D eigenvalue weighted by Gasteiger charge is -2.43. The fourth-order valence-corrected chi connectivity index (χ4v) is 6.77. The van der Waals surface area contributed by atoms with Gasteiger partial charge >= 0.3 is 6.18 Å². The van der Waals surface area contributed by atoms with Gasteiger partial charge in [0, 0.05) is 10.8 Å². The van der Waals surface area contributed by atoms with E-state index < -0.39 is 34.5 Å². The lowest BCUT2D eigenvalue weighted by molar-refractivity contribution is -0.137. The van der Waals surface area contributed by atoms with Crippen LogP contribution in [0.3, 0.4) is 0 Å². The van der Waals surface area contributed by atoms with Gasteiger partial charge in [0.25, 0.3) is 0 Å². The van der Waals surface area contributed by atoms with Gasteiger partial charge in [-0.3, -0.25) is 0 Å². The van der Waals surface area contributed by atoms with Crippen LogP contribution in [0.25, 0.3) is 10.8 Å². The van der Waals surface area contributed by atoms with Crippen LogP contribution in [0.4, 0.5) is 22.0 Å².